The summed E-state index contributed by atoms with van der Waals surface area (Å²) < 4.78 is 10.3. The first-order valence-electron chi connectivity index (χ1n) is 7.38. The molecule has 0 amide bonds. The van der Waals surface area contributed by atoms with Crippen molar-refractivity contribution >= 4 is 40.4 Å². The molecule has 9 nitrogen and oxygen atoms in total. The fraction of sp³-hybridized carbons (Fsp3) is 0.467. The van der Waals surface area contributed by atoms with Gasteiger partial charge in [0.1, 0.15) is 17.0 Å². The third-order valence-electron chi connectivity index (χ3n) is 3.05. The Bertz CT molecular complexity index is 623. The van der Waals surface area contributed by atoms with E-state index in [0.29, 0.717) is 0 Å². The molecule has 0 atom stereocenters. The molecule has 0 unspecified atom stereocenters. The summed E-state index contributed by atoms with van der Waals surface area (Å²) in [4.78, 5) is 23.5. The van der Waals surface area contributed by atoms with Crippen molar-refractivity contribution in [2.45, 2.75) is 45.6 Å². The molecule has 0 fully saturated rings. The van der Waals surface area contributed by atoms with E-state index < -0.39 is 17.5 Å². The van der Waals surface area contributed by atoms with E-state index in [1.165, 1.54) is 0 Å². The summed E-state index contributed by atoms with van der Waals surface area (Å²) in [5.74, 6) is -1.14. The minimum Gasteiger partial charge on any atom is -0.460 e. The summed E-state index contributed by atoms with van der Waals surface area (Å²) in [5, 5.41) is 0. The van der Waals surface area contributed by atoms with Crippen LogP contribution in [0.2, 0.25) is 0 Å². The lowest BCUT2D eigenvalue weighted by molar-refractivity contribution is -0.154. The highest BCUT2D eigenvalue weighted by molar-refractivity contribution is 5.99. The van der Waals surface area contributed by atoms with Crippen molar-refractivity contribution in [3.05, 3.63) is 0 Å². The Morgan fingerprint density at radius 2 is 1.21 bits per heavy atom. The van der Waals surface area contributed by atoms with E-state index in [4.69, 9.17) is 38.1 Å². The molecule has 0 bridgehead atoms. The Morgan fingerprint density at radius 1 is 0.792 bits per heavy atom. The first kappa shape index (κ1) is 19.2. The van der Waals surface area contributed by atoms with Gasteiger partial charge < -0.3 is 38.1 Å². The van der Waals surface area contributed by atoms with E-state index in [0.717, 1.165) is 0 Å². The zero-order valence-electron chi connectivity index (χ0n) is 14.1. The van der Waals surface area contributed by atoms with E-state index in [1.54, 1.807) is 20.8 Å². The quantitative estimate of drug-likeness (QED) is 0.297. The van der Waals surface area contributed by atoms with E-state index in [-0.39, 0.29) is 53.4 Å². The van der Waals surface area contributed by atoms with Gasteiger partial charge in [0.2, 0.25) is 0 Å². The molecule has 0 heterocycles. The third kappa shape index (κ3) is 4.83. The van der Waals surface area contributed by atoms with Crippen molar-refractivity contribution in [2.24, 2.45) is 0 Å². The number of esters is 2. The molecule has 10 N–H and O–H groups in total. The maximum atomic E-state index is 11.9. The largest absolute Gasteiger partial charge is 0.460 e. The van der Waals surface area contributed by atoms with Crippen LogP contribution in [0, 0.1) is 0 Å². The Morgan fingerprint density at radius 3 is 1.67 bits per heavy atom. The van der Waals surface area contributed by atoms with Crippen molar-refractivity contribution in [2.75, 3.05) is 28.7 Å². The second kappa shape index (κ2) is 7.16. The summed E-state index contributed by atoms with van der Waals surface area (Å²) in [6.45, 7) is 5.29. The van der Waals surface area contributed by atoms with E-state index >= 15 is 0 Å². The van der Waals surface area contributed by atoms with Crippen LogP contribution in [0.5, 0.6) is 5.75 Å². The number of ether oxygens (including phenoxy) is 2. The molecule has 134 valence electrons. The smallest absolute Gasteiger partial charge is 0.311 e. The van der Waals surface area contributed by atoms with Crippen molar-refractivity contribution < 1.29 is 19.1 Å². The predicted octanol–water partition coefficient (Wildman–Crippen LogP) is 1.02. The summed E-state index contributed by atoms with van der Waals surface area (Å²) in [7, 11) is 0. The second-order valence-electron chi connectivity index (χ2n) is 6.31. The lowest BCUT2D eigenvalue weighted by Gasteiger charge is -2.19. The molecule has 1 aromatic carbocycles. The van der Waals surface area contributed by atoms with Crippen LogP contribution in [-0.4, -0.2) is 17.5 Å². The number of nitrogens with two attached hydrogens (primary N) is 5. The monoisotopic (exact) mass is 339 g/mol. The van der Waals surface area contributed by atoms with Gasteiger partial charge in [-0.2, -0.15) is 0 Å². The number of carbonyl (C=O) groups is 2. The maximum absolute atomic E-state index is 11.9. The van der Waals surface area contributed by atoms with Crippen LogP contribution in [0.4, 0.5) is 28.4 Å². The highest BCUT2D eigenvalue weighted by Crippen LogP contribution is 2.43. The zero-order chi connectivity index (χ0) is 18.7. The average Bonchev–Trinajstić information content (AvgIpc) is 2.45. The van der Waals surface area contributed by atoms with Crippen LogP contribution >= 0.6 is 0 Å². The summed E-state index contributed by atoms with van der Waals surface area (Å²) in [6.07, 6.45) is 0.319. The van der Waals surface area contributed by atoms with Crippen LogP contribution in [0.25, 0.3) is 0 Å². The van der Waals surface area contributed by atoms with Crippen LogP contribution < -0.4 is 33.4 Å². The number of rotatable bonds is 5. The number of nitrogen functional groups attached to an aromatic ring is 5. The normalized spacial score (nSPS) is 11.1. The van der Waals surface area contributed by atoms with Crippen molar-refractivity contribution in [1.82, 2.24) is 0 Å². The first-order valence-corrected chi connectivity index (χ1v) is 7.38. The SMILES string of the molecule is CC(C)(C)OC(=O)CCCC(=O)Oc1c(N)c(N)c(N)c(N)c1N. The molecule has 0 aliphatic rings. The van der Waals surface area contributed by atoms with Gasteiger partial charge >= 0.3 is 11.9 Å². The van der Waals surface area contributed by atoms with Gasteiger partial charge in [0.05, 0.1) is 17.1 Å². The molecule has 24 heavy (non-hydrogen) atoms. The van der Waals surface area contributed by atoms with Gasteiger partial charge in [-0.25, -0.2) is 0 Å². The van der Waals surface area contributed by atoms with Crippen LogP contribution in [-0.2, 0) is 14.3 Å². The van der Waals surface area contributed by atoms with Gasteiger partial charge in [0, 0.05) is 12.8 Å². The molecular weight excluding hydrogens is 314 g/mol. The number of benzene rings is 1. The Hall–Kier alpha value is -2.84. The highest BCUT2D eigenvalue weighted by atomic mass is 16.6. The van der Waals surface area contributed by atoms with Gasteiger partial charge in [0.25, 0.3) is 0 Å². The molecule has 0 saturated heterocycles. The third-order valence-corrected chi connectivity index (χ3v) is 3.05. The molecule has 0 aliphatic carbocycles. The molecule has 9 heteroatoms. The predicted molar refractivity (Wildman–Crippen MR) is 93.8 cm³/mol. The molecule has 1 aromatic rings. The van der Waals surface area contributed by atoms with E-state index in [1.807, 2.05) is 0 Å². The van der Waals surface area contributed by atoms with Gasteiger partial charge in [-0.3, -0.25) is 9.59 Å². The molecule has 0 aromatic heterocycles. The fourth-order valence-electron chi connectivity index (χ4n) is 1.87. The van der Waals surface area contributed by atoms with Gasteiger partial charge in [0.15, 0.2) is 5.75 Å². The lowest BCUT2D eigenvalue weighted by Crippen LogP contribution is -2.23. The van der Waals surface area contributed by atoms with Crippen molar-refractivity contribution in [1.29, 1.82) is 0 Å². The first-order chi connectivity index (χ1) is 10.9. The van der Waals surface area contributed by atoms with Crippen LogP contribution in [0.3, 0.4) is 0 Å². The number of carbonyl (C=O) groups excluding carboxylic acids is 2. The molecule has 0 saturated carbocycles. The number of hydrogen-bond acceptors (Lipinski definition) is 9. The topological polar surface area (TPSA) is 183 Å². The minimum atomic E-state index is -0.625. The van der Waals surface area contributed by atoms with Gasteiger partial charge in [-0.05, 0) is 27.2 Å². The summed E-state index contributed by atoms with van der Waals surface area (Å²) in [5.41, 5.74) is 27.9. The van der Waals surface area contributed by atoms with Crippen LogP contribution in [0.15, 0.2) is 0 Å². The summed E-state index contributed by atoms with van der Waals surface area (Å²) >= 11 is 0. The maximum Gasteiger partial charge on any atom is 0.311 e. The Balaban J connectivity index is 2.66. The van der Waals surface area contributed by atoms with Crippen molar-refractivity contribution in [3.8, 4) is 5.75 Å². The van der Waals surface area contributed by atoms with Crippen LogP contribution in [0.1, 0.15) is 40.0 Å². The molecule has 1 rings (SSSR count). The average molecular weight is 339 g/mol. The van der Waals surface area contributed by atoms with Crippen molar-refractivity contribution in [3.63, 3.8) is 0 Å². The molecule has 0 radical (unpaired) electrons. The standard InChI is InChI=1S/C15H25N5O4/c1-15(2,3)24-8(22)6-4-5-7(21)23-14-12(19)10(17)9(16)11(18)13(14)20/h4-6,16-20H2,1-3H3. The lowest BCUT2D eigenvalue weighted by atomic mass is 10.1. The van der Waals surface area contributed by atoms with Gasteiger partial charge in [-0.1, -0.05) is 0 Å². The highest BCUT2D eigenvalue weighted by Gasteiger charge is 2.20. The molecule has 0 aliphatic heterocycles. The second-order valence-corrected chi connectivity index (χ2v) is 6.31. The summed E-state index contributed by atoms with van der Waals surface area (Å²) in [6, 6.07) is 0. The fourth-order valence-corrected chi connectivity index (χ4v) is 1.87. The Labute approximate surface area is 140 Å². The molecular formula is C15H25N5O4. The van der Waals surface area contributed by atoms with E-state index in [9.17, 15) is 9.59 Å². The Kier molecular flexibility index (Phi) is 5.73. The van der Waals surface area contributed by atoms with Gasteiger partial charge in [-0.15, -0.1) is 0 Å². The zero-order valence-corrected chi connectivity index (χ0v) is 14.1. The van der Waals surface area contributed by atoms with E-state index in [2.05, 4.69) is 0 Å². The number of anilines is 5. The minimum absolute atomic E-state index is 0.00162. The number of hydrogen-bond donors (Lipinski definition) is 5. The molecule has 0 spiro atoms.